The molecule has 1 amide bonds. The van der Waals surface area contributed by atoms with Gasteiger partial charge in [0, 0.05) is 18.1 Å². The zero-order valence-corrected chi connectivity index (χ0v) is 24.2. The van der Waals surface area contributed by atoms with Crippen LogP contribution in [0.2, 0.25) is 0 Å². The van der Waals surface area contributed by atoms with Crippen LogP contribution in [0.5, 0.6) is 5.75 Å². The molecule has 4 nitrogen and oxygen atoms in total. The number of hydrogen-bond acceptors (Lipinski definition) is 3. The van der Waals surface area contributed by atoms with Crippen molar-refractivity contribution in [1.29, 1.82) is 0 Å². The number of rotatable bonds is 10. The molecule has 0 aromatic heterocycles. The van der Waals surface area contributed by atoms with Crippen molar-refractivity contribution in [2.75, 3.05) is 0 Å². The van der Waals surface area contributed by atoms with E-state index < -0.39 is 100 Å². The number of halogens is 13. The highest BCUT2D eigenvalue weighted by Gasteiger charge is 2.45. The maximum Gasteiger partial charge on any atom is 0.461 e. The molecule has 0 radical (unpaired) electrons. The molecule has 0 aliphatic rings. The molecule has 4 aromatic rings. The molecule has 262 valence electrons. The first kappa shape index (κ1) is 37.0. The first-order valence-corrected chi connectivity index (χ1v) is 13.6. The largest absolute Gasteiger partial charge is 0.461 e. The second-order valence-electron chi connectivity index (χ2n) is 10.5. The van der Waals surface area contributed by atoms with Gasteiger partial charge in [-0.15, -0.1) is 0 Å². The third-order valence-corrected chi connectivity index (χ3v) is 7.17. The number of aliphatic hydroxyl groups excluding tert-OH is 1. The smallest absolute Gasteiger partial charge is 0.428 e. The molecular formula is C32H20F13NO3. The van der Waals surface area contributed by atoms with Gasteiger partial charge in [-0.3, -0.25) is 4.79 Å². The molecule has 0 heterocycles. The number of carbonyl (C=O) groups is 1. The van der Waals surface area contributed by atoms with E-state index in [-0.39, 0.29) is 35.9 Å². The molecule has 0 fully saturated rings. The summed E-state index contributed by atoms with van der Waals surface area (Å²) in [5.74, 6) is -8.06. The molecule has 0 bridgehead atoms. The third-order valence-electron chi connectivity index (χ3n) is 7.17. The molecule has 4 aromatic carbocycles. The van der Waals surface area contributed by atoms with Crippen LogP contribution in [0.1, 0.15) is 43.7 Å². The summed E-state index contributed by atoms with van der Waals surface area (Å²) in [4.78, 5) is 13.7. The Morgan fingerprint density at radius 2 is 1.24 bits per heavy atom. The zero-order chi connectivity index (χ0) is 36.5. The first-order chi connectivity index (χ1) is 22.7. The topological polar surface area (TPSA) is 58.6 Å². The van der Waals surface area contributed by atoms with Gasteiger partial charge in [-0.2, -0.15) is 43.9 Å². The second-order valence-corrected chi connectivity index (χ2v) is 10.5. The van der Waals surface area contributed by atoms with Crippen molar-refractivity contribution >= 4 is 5.91 Å². The minimum Gasteiger partial charge on any atom is -0.428 e. The van der Waals surface area contributed by atoms with Crippen LogP contribution >= 0.6 is 0 Å². The lowest BCUT2D eigenvalue weighted by atomic mass is 9.76. The van der Waals surface area contributed by atoms with Crippen molar-refractivity contribution in [2.24, 2.45) is 0 Å². The van der Waals surface area contributed by atoms with Gasteiger partial charge in [-0.05, 0) is 64.7 Å². The molecule has 0 saturated heterocycles. The Labute approximate surface area is 267 Å². The fraction of sp³-hybridized carbons (Fsp3) is 0.219. The molecule has 49 heavy (non-hydrogen) atoms. The van der Waals surface area contributed by atoms with Crippen molar-refractivity contribution in [3.05, 3.63) is 135 Å². The monoisotopic (exact) mass is 713 g/mol. The van der Waals surface area contributed by atoms with Crippen LogP contribution in [0.3, 0.4) is 0 Å². The van der Waals surface area contributed by atoms with E-state index in [4.69, 9.17) is 0 Å². The summed E-state index contributed by atoms with van der Waals surface area (Å²) in [7, 11) is 0. The van der Waals surface area contributed by atoms with E-state index >= 15 is 4.39 Å². The van der Waals surface area contributed by atoms with Gasteiger partial charge in [-0.1, -0.05) is 30.3 Å². The van der Waals surface area contributed by atoms with E-state index in [9.17, 15) is 62.6 Å². The Balaban J connectivity index is 2.06. The molecule has 2 N–H and O–H groups in total. The number of hydrogen-bond donors (Lipinski definition) is 2. The van der Waals surface area contributed by atoms with E-state index in [2.05, 4.69) is 10.1 Å². The Morgan fingerprint density at radius 3 is 1.80 bits per heavy atom. The lowest BCUT2D eigenvalue weighted by Crippen LogP contribution is -2.49. The van der Waals surface area contributed by atoms with Gasteiger partial charge >= 0.3 is 24.9 Å². The standard InChI is InChI=1S/C32H20F13NO3/c33-21-10-20(11-22(13-21)49-32(44,45)28(36)37)29(14-16-1-3-17(15-47)4-2-16,19-6-8-26(35)24(12-19)31(41,42)43)46-27(48)18-5-7-25(34)23(9-18)30(38,39)40/h1-13,28,47H,14-15H2,(H,46,48)/t29-/m1/s1. The quantitative estimate of drug-likeness (QED) is 0.162. The van der Waals surface area contributed by atoms with Gasteiger partial charge < -0.3 is 15.2 Å². The summed E-state index contributed by atoms with van der Waals surface area (Å²) >= 11 is 0. The lowest BCUT2D eigenvalue weighted by molar-refractivity contribution is -0.253. The Hall–Kier alpha value is -4.80. The molecule has 17 heteroatoms. The van der Waals surface area contributed by atoms with Crippen LogP contribution in [0.15, 0.2) is 78.9 Å². The highest BCUT2D eigenvalue weighted by Crippen LogP contribution is 2.41. The molecule has 1 atom stereocenters. The average Bonchev–Trinajstić information content (AvgIpc) is 2.99. The van der Waals surface area contributed by atoms with E-state index in [0.717, 1.165) is 0 Å². The van der Waals surface area contributed by atoms with Crippen molar-refractivity contribution in [2.45, 2.75) is 43.5 Å². The van der Waals surface area contributed by atoms with Crippen molar-refractivity contribution in [1.82, 2.24) is 5.32 Å². The predicted molar refractivity (Wildman–Crippen MR) is 145 cm³/mol. The van der Waals surface area contributed by atoms with Crippen molar-refractivity contribution in [3.63, 3.8) is 0 Å². The van der Waals surface area contributed by atoms with Crippen LogP contribution in [-0.2, 0) is 30.9 Å². The molecule has 0 unspecified atom stereocenters. The lowest BCUT2D eigenvalue weighted by Gasteiger charge is -2.37. The number of aliphatic hydroxyl groups is 1. The van der Waals surface area contributed by atoms with E-state index in [0.29, 0.717) is 29.8 Å². The van der Waals surface area contributed by atoms with Gasteiger partial charge in [0.15, 0.2) is 0 Å². The molecule has 4 rings (SSSR count). The van der Waals surface area contributed by atoms with Crippen molar-refractivity contribution in [3.8, 4) is 5.75 Å². The average molecular weight is 713 g/mol. The molecule has 0 spiro atoms. The third kappa shape index (κ3) is 8.26. The minimum atomic E-state index is -5.41. The first-order valence-electron chi connectivity index (χ1n) is 13.6. The zero-order valence-electron chi connectivity index (χ0n) is 24.2. The highest BCUT2D eigenvalue weighted by molar-refractivity contribution is 5.95. The molecule has 0 aliphatic heterocycles. The van der Waals surface area contributed by atoms with E-state index in [1.165, 1.54) is 24.3 Å². The summed E-state index contributed by atoms with van der Waals surface area (Å²) in [5.41, 5.74) is -8.71. The Kier molecular flexibility index (Phi) is 10.3. The maximum atomic E-state index is 15.0. The summed E-state index contributed by atoms with van der Waals surface area (Å²) in [6.07, 6.45) is -21.2. The van der Waals surface area contributed by atoms with Crippen LogP contribution in [0, 0.1) is 17.5 Å². The summed E-state index contributed by atoms with van der Waals surface area (Å²) in [6.45, 7) is -0.496. The van der Waals surface area contributed by atoms with E-state index in [1.54, 1.807) is 0 Å². The highest BCUT2D eigenvalue weighted by atomic mass is 19.4. The van der Waals surface area contributed by atoms with Gasteiger partial charge in [0.05, 0.1) is 23.3 Å². The Morgan fingerprint density at radius 1 is 0.694 bits per heavy atom. The number of ether oxygens (including phenoxy) is 1. The number of benzene rings is 4. The number of carbonyl (C=O) groups excluding carboxylic acids is 1. The van der Waals surface area contributed by atoms with Crippen LogP contribution in [-0.4, -0.2) is 23.5 Å². The Bertz CT molecular complexity index is 1820. The number of alkyl halides is 10. The summed E-state index contributed by atoms with van der Waals surface area (Å²) in [5, 5.41) is 11.6. The summed E-state index contributed by atoms with van der Waals surface area (Å²) in [6, 6.07) is 8.20. The van der Waals surface area contributed by atoms with Crippen LogP contribution < -0.4 is 10.1 Å². The molecule has 0 saturated carbocycles. The second kappa shape index (κ2) is 13.6. The number of nitrogens with one attached hydrogen (secondary N) is 1. The minimum absolute atomic E-state index is 0.0371. The number of amides is 1. The van der Waals surface area contributed by atoms with Crippen LogP contribution in [0.25, 0.3) is 0 Å². The summed E-state index contributed by atoms with van der Waals surface area (Å²) < 4.78 is 183. The van der Waals surface area contributed by atoms with Gasteiger partial charge in [-0.25, -0.2) is 13.2 Å². The maximum absolute atomic E-state index is 15.0. The van der Waals surface area contributed by atoms with Gasteiger partial charge in [0.25, 0.3) is 5.91 Å². The van der Waals surface area contributed by atoms with Crippen molar-refractivity contribution < 1.29 is 71.7 Å². The van der Waals surface area contributed by atoms with Gasteiger partial charge in [0.2, 0.25) is 0 Å². The SMILES string of the molecule is O=C(N[C@@](Cc1ccc(CO)cc1)(c1cc(F)cc(OC(F)(F)C(F)F)c1)c1ccc(F)c(C(F)(F)F)c1)c1ccc(F)c(C(F)(F)F)c1. The van der Waals surface area contributed by atoms with Gasteiger partial charge in [0.1, 0.15) is 23.2 Å². The normalized spacial score (nSPS) is 13.7. The van der Waals surface area contributed by atoms with Crippen LogP contribution in [0.4, 0.5) is 57.1 Å². The molecule has 0 aliphatic carbocycles. The van der Waals surface area contributed by atoms with E-state index in [1.807, 2.05) is 0 Å². The fourth-order valence-electron chi connectivity index (χ4n) is 4.86. The molecular weight excluding hydrogens is 693 g/mol. The predicted octanol–water partition coefficient (Wildman–Crippen LogP) is 8.79. The fourth-order valence-corrected chi connectivity index (χ4v) is 4.86.